The molecule has 0 amide bonds. The Balaban J connectivity index is 2.40. The summed E-state index contributed by atoms with van der Waals surface area (Å²) >= 11 is 1.99. The lowest BCUT2D eigenvalue weighted by Gasteiger charge is -2.21. The van der Waals surface area contributed by atoms with Crippen LogP contribution in [0.25, 0.3) is 0 Å². The minimum absolute atomic E-state index is 0.483. The van der Waals surface area contributed by atoms with Crippen molar-refractivity contribution in [1.82, 2.24) is 0 Å². The summed E-state index contributed by atoms with van der Waals surface area (Å²) < 4.78 is 0. The van der Waals surface area contributed by atoms with Gasteiger partial charge in [-0.25, -0.2) is 0 Å². The van der Waals surface area contributed by atoms with Crippen LogP contribution in [0.4, 0.5) is 0 Å². The molecule has 2 aromatic rings. The highest BCUT2D eigenvalue weighted by Gasteiger charge is 2.24. The lowest BCUT2D eigenvalue weighted by atomic mass is 9.34. The van der Waals surface area contributed by atoms with E-state index in [4.69, 9.17) is 0 Å². The molecule has 0 unspecified atom stereocenters. The maximum Gasteiger partial charge on any atom is 0.213 e. The van der Waals surface area contributed by atoms with E-state index in [2.05, 4.69) is 75.4 Å². The molecule has 2 rings (SSSR count). The van der Waals surface area contributed by atoms with Crippen molar-refractivity contribution in [3.05, 3.63) is 54.6 Å². The van der Waals surface area contributed by atoms with Gasteiger partial charge in [0.2, 0.25) is 6.71 Å². The average molecular weight is 282 g/mol. The summed E-state index contributed by atoms with van der Waals surface area (Å²) in [7, 11) is 0. The Labute approximate surface area is 128 Å². The van der Waals surface area contributed by atoms with E-state index in [9.17, 15) is 0 Å². The van der Waals surface area contributed by atoms with Crippen molar-refractivity contribution in [1.29, 1.82) is 0 Å². The van der Waals surface area contributed by atoms with E-state index >= 15 is 0 Å². The molecule has 104 valence electrons. The maximum atomic E-state index is 2.32. The van der Waals surface area contributed by atoms with Crippen LogP contribution in [-0.2, 0) is 0 Å². The Kier molecular flexibility index (Phi) is 5.78. The minimum atomic E-state index is 0.483. The van der Waals surface area contributed by atoms with E-state index in [1.165, 1.54) is 28.0 Å². The molecule has 0 aliphatic rings. The van der Waals surface area contributed by atoms with Crippen LogP contribution in [0.2, 0.25) is 5.82 Å². The van der Waals surface area contributed by atoms with Crippen molar-refractivity contribution in [2.75, 3.05) is 5.75 Å². The Bertz CT molecular complexity index is 522. The molecule has 2 aromatic carbocycles. The van der Waals surface area contributed by atoms with E-state index in [-0.39, 0.29) is 0 Å². The van der Waals surface area contributed by atoms with Crippen molar-refractivity contribution < 1.29 is 0 Å². The summed E-state index contributed by atoms with van der Waals surface area (Å²) in [6, 6.07) is 19.8. The van der Waals surface area contributed by atoms with Gasteiger partial charge >= 0.3 is 0 Å². The van der Waals surface area contributed by atoms with Gasteiger partial charge in [-0.05, 0) is 18.2 Å². The molecule has 0 atom stereocenters. The molecule has 0 spiro atoms. The molecule has 0 aliphatic heterocycles. The predicted molar refractivity (Wildman–Crippen MR) is 94.0 cm³/mol. The Morgan fingerprint density at radius 1 is 0.950 bits per heavy atom. The Morgan fingerprint density at radius 3 is 2.25 bits per heavy atom. The molecule has 0 N–H and O–H groups in total. The maximum absolute atomic E-state index is 2.32. The van der Waals surface area contributed by atoms with Crippen molar-refractivity contribution in [2.24, 2.45) is 0 Å². The third-order valence-electron chi connectivity index (χ3n) is 3.54. The highest BCUT2D eigenvalue weighted by molar-refractivity contribution is 7.99. The molecule has 0 nitrogen and oxygen atoms in total. The van der Waals surface area contributed by atoms with Gasteiger partial charge in [0, 0.05) is 4.90 Å². The zero-order valence-corrected chi connectivity index (χ0v) is 13.5. The van der Waals surface area contributed by atoms with E-state index in [0.717, 1.165) is 0 Å². The number of thioether (sulfide) groups is 1. The smallest absolute Gasteiger partial charge is 0.127 e. The largest absolute Gasteiger partial charge is 0.213 e. The van der Waals surface area contributed by atoms with E-state index in [1.807, 2.05) is 11.8 Å². The number of benzene rings is 2. The van der Waals surface area contributed by atoms with Crippen molar-refractivity contribution in [2.45, 2.75) is 37.9 Å². The number of hydrogen-bond acceptors (Lipinski definition) is 1. The highest BCUT2D eigenvalue weighted by atomic mass is 32.2. The van der Waals surface area contributed by atoms with Crippen LogP contribution < -0.4 is 10.9 Å². The van der Waals surface area contributed by atoms with Crippen molar-refractivity contribution in [3.8, 4) is 0 Å². The van der Waals surface area contributed by atoms with Gasteiger partial charge in [-0.3, -0.25) is 0 Å². The lowest BCUT2D eigenvalue weighted by Crippen LogP contribution is -2.45. The fourth-order valence-electron chi connectivity index (χ4n) is 2.66. The molecule has 2 heteroatoms. The molecule has 20 heavy (non-hydrogen) atoms. The number of rotatable bonds is 6. The molecule has 0 saturated carbocycles. The molecule has 0 saturated heterocycles. The minimum Gasteiger partial charge on any atom is -0.127 e. The van der Waals surface area contributed by atoms with Gasteiger partial charge in [-0.1, -0.05) is 86.0 Å². The topological polar surface area (TPSA) is 0 Å². The first kappa shape index (κ1) is 15.2. The van der Waals surface area contributed by atoms with Gasteiger partial charge in [0.1, 0.15) is 0 Å². The summed E-state index contributed by atoms with van der Waals surface area (Å²) in [4.78, 5) is 1.44. The second-order valence-electron chi connectivity index (χ2n) is 5.52. The van der Waals surface area contributed by atoms with Gasteiger partial charge in [-0.2, -0.15) is 0 Å². The second kappa shape index (κ2) is 7.59. The van der Waals surface area contributed by atoms with Gasteiger partial charge < -0.3 is 0 Å². The highest BCUT2D eigenvalue weighted by Crippen LogP contribution is 2.20. The predicted octanol–water partition coefficient (Wildman–Crippen LogP) is 4.21. The first-order valence-electron chi connectivity index (χ1n) is 7.50. The van der Waals surface area contributed by atoms with Crippen LogP contribution in [0, 0.1) is 0 Å². The molecular weight excluding hydrogens is 259 g/mol. The third kappa shape index (κ3) is 3.70. The van der Waals surface area contributed by atoms with Gasteiger partial charge in [-0.15, -0.1) is 11.8 Å². The number of hydrogen-bond donors (Lipinski definition) is 0. The van der Waals surface area contributed by atoms with Crippen LogP contribution in [0.3, 0.4) is 0 Å². The van der Waals surface area contributed by atoms with Crippen molar-refractivity contribution >= 4 is 29.4 Å². The standard InChI is InChI=1S/C18H23BS/c1-4-14-20-18-13-9-8-12-17(18)19(15(2)3)16-10-6-5-7-11-16/h5-13,15H,4,14H2,1-3H3. The first-order chi connectivity index (χ1) is 9.74. The lowest BCUT2D eigenvalue weighted by molar-refractivity contribution is 1.05. The zero-order valence-electron chi connectivity index (χ0n) is 12.7. The van der Waals surface area contributed by atoms with Crippen LogP contribution in [-0.4, -0.2) is 12.5 Å². The molecular formula is C18H23BS. The van der Waals surface area contributed by atoms with E-state index < -0.39 is 0 Å². The fraction of sp³-hybridized carbons (Fsp3) is 0.333. The van der Waals surface area contributed by atoms with E-state index in [1.54, 1.807) is 0 Å². The van der Waals surface area contributed by atoms with E-state index in [0.29, 0.717) is 12.5 Å². The third-order valence-corrected chi connectivity index (χ3v) is 4.84. The quantitative estimate of drug-likeness (QED) is 0.565. The Morgan fingerprint density at radius 2 is 1.60 bits per heavy atom. The summed E-state index contributed by atoms with van der Waals surface area (Å²) in [5.41, 5.74) is 2.90. The zero-order chi connectivity index (χ0) is 14.4. The SMILES string of the molecule is CCCSc1ccccc1B(c1ccccc1)C(C)C. The normalized spacial score (nSPS) is 10.8. The summed E-state index contributed by atoms with van der Waals surface area (Å²) in [6.07, 6.45) is 1.22. The second-order valence-corrected chi connectivity index (χ2v) is 6.66. The average Bonchev–Trinajstić information content (AvgIpc) is 2.47. The van der Waals surface area contributed by atoms with Crippen molar-refractivity contribution in [3.63, 3.8) is 0 Å². The van der Waals surface area contributed by atoms with Gasteiger partial charge in [0.15, 0.2) is 0 Å². The monoisotopic (exact) mass is 282 g/mol. The van der Waals surface area contributed by atoms with Gasteiger partial charge in [0.05, 0.1) is 0 Å². The van der Waals surface area contributed by atoms with Crippen LogP contribution in [0.1, 0.15) is 27.2 Å². The summed E-state index contributed by atoms with van der Waals surface area (Å²) in [6.45, 7) is 7.36. The van der Waals surface area contributed by atoms with Crippen LogP contribution >= 0.6 is 11.8 Å². The summed E-state index contributed by atoms with van der Waals surface area (Å²) in [5, 5.41) is 0. The molecule has 0 radical (unpaired) electrons. The fourth-order valence-corrected chi connectivity index (χ4v) is 3.63. The van der Waals surface area contributed by atoms with Gasteiger partial charge in [0.25, 0.3) is 0 Å². The molecule has 0 aliphatic carbocycles. The first-order valence-corrected chi connectivity index (χ1v) is 8.49. The summed E-state index contributed by atoms with van der Waals surface area (Å²) in [5.74, 6) is 1.79. The van der Waals surface area contributed by atoms with Crippen LogP contribution in [0.15, 0.2) is 59.5 Å². The van der Waals surface area contributed by atoms with Crippen LogP contribution in [0.5, 0.6) is 0 Å². The molecule has 0 fully saturated rings. The Hall–Kier alpha value is -1.15. The molecule has 0 bridgehead atoms. The molecule has 0 heterocycles. The molecule has 0 aromatic heterocycles.